The fraction of sp³-hybridized carbons (Fsp3) is 0.0588. The van der Waals surface area contributed by atoms with Gasteiger partial charge in [0, 0.05) is 25.0 Å². The lowest BCUT2D eigenvalue weighted by molar-refractivity contribution is 0.102. The van der Waals surface area contributed by atoms with Crippen molar-refractivity contribution in [1.29, 1.82) is 0 Å². The van der Waals surface area contributed by atoms with Gasteiger partial charge in [0.25, 0.3) is 5.91 Å². The molecule has 0 fully saturated rings. The number of amides is 1. The lowest BCUT2D eigenvalue weighted by atomic mass is 10.3. The van der Waals surface area contributed by atoms with Crippen LogP contribution in [0.1, 0.15) is 16.1 Å². The maximum Gasteiger partial charge on any atom is 0.275 e. The summed E-state index contributed by atoms with van der Waals surface area (Å²) in [5.41, 5.74) is 0.900. The highest BCUT2D eigenvalue weighted by Crippen LogP contribution is 2.15. The molecule has 0 saturated carbocycles. The van der Waals surface area contributed by atoms with E-state index in [2.05, 4.69) is 25.6 Å². The first-order valence-electron chi connectivity index (χ1n) is 7.33. The maximum atomic E-state index is 13.5. The number of carbonyl (C=O) groups is 1. The summed E-state index contributed by atoms with van der Waals surface area (Å²) < 4.78 is 26.4. The SMILES string of the molecule is O=C(Nc1ccc(F)cc1F)c1cnc(NCc2ccncc2)cn1. The molecule has 2 N–H and O–H groups in total. The Morgan fingerprint density at radius 1 is 1.04 bits per heavy atom. The number of benzene rings is 1. The van der Waals surface area contributed by atoms with Gasteiger partial charge in [-0.2, -0.15) is 0 Å². The Morgan fingerprint density at radius 2 is 1.84 bits per heavy atom. The fourth-order valence-corrected chi connectivity index (χ4v) is 2.01. The standard InChI is InChI=1S/C17H13F2N5O/c18-12-1-2-14(13(19)7-12)24-17(25)15-9-23-16(10-21-15)22-8-11-3-5-20-6-4-11/h1-7,9-10H,8H2,(H,22,23)(H,24,25). The zero-order chi connectivity index (χ0) is 17.6. The molecule has 3 aromatic rings. The minimum Gasteiger partial charge on any atom is -0.365 e. The summed E-state index contributed by atoms with van der Waals surface area (Å²) in [6, 6.07) is 6.60. The van der Waals surface area contributed by atoms with Crippen LogP contribution in [0.25, 0.3) is 0 Å². The third-order valence-corrected chi connectivity index (χ3v) is 3.29. The van der Waals surface area contributed by atoms with E-state index in [1.54, 1.807) is 12.4 Å². The molecule has 0 spiro atoms. The molecule has 8 heteroatoms. The molecule has 0 bridgehead atoms. The molecule has 126 valence electrons. The van der Waals surface area contributed by atoms with E-state index in [4.69, 9.17) is 0 Å². The van der Waals surface area contributed by atoms with Crippen LogP contribution in [0.4, 0.5) is 20.3 Å². The van der Waals surface area contributed by atoms with E-state index in [1.807, 2.05) is 12.1 Å². The molecule has 0 aliphatic heterocycles. The molecular formula is C17H13F2N5O. The highest BCUT2D eigenvalue weighted by molar-refractivity contribution is 6.02. The topological polar surface area (TPSA) is 79.8 Å². The molecule has 1 aromatic carbocycles. The number of rotatable bonds is 5. The van der Waals surface area contributed by atoms with Crippen LogP contribution in [0, 0.1) is 11.6 Å². The molecular weight excluding hydrogens is 328 g/mol. The van der Waals surface area contributed by atoms with Crippen LogP contribution >= 0.6 is 0 Å². The van der Waals surface area contributed by atoms with Crippen LogP contribution in [-0.2, 0) is 6.54 Å². The molecule has 0 atom stereocenters. The van der Waals surface area contributed by atoms with Gasteiger partial charge in [-0.3, -0.25) is 9.78 Å². The third kappa shape index (κ3) is 4.31. The summed E-state index contributed by atoms with van der Waals surface area (Å²) in [6.07, 6.45) is 6.04. The van der Waals surface area contributed by atoms with Gasteiger partial charge < -0.3 is 10.6 Å². The summed E-state index contributed by atoms with van der Waals surface area (Å²) in [7, 11) is 0. The van der Waals surface area contributed by atoms with E-state index in [-0.39, 0.29) is 11.4 Å². The van der Waals surface area contributed by atoms with Crippen molar-refractivity contribution >= 4 is 17.4 Å². The largest absolute Gasteiger partial charge is 0.365 e. The first-order chi connectivity index (χ1) is 12.1. The zero-order valence-electron chi connectivity index (χ0n) is 12.9. The molecule has 3 rings (SSSR count). The van der Waals surface area contributed by atoms with E-state index in [0.717, 1.165) is 17.7 Å². The highest BCUT2D eigenvalue weighted by atomic mass is 19.1. The number of anilines is 2. The van der Waals surface area contributed by atoms with Crippen LogP contribution < -0.4 is 10.6 Å². The van der Waals surface area contributed by atoms with Crippen molar-refractivity contribution in [3.05, 3.63) is 78.0 Å². The van der Waals surface area contributed by atoms with Gasteiger partial charge in [0.15, 0.2) is 0 Å². The summed E-state index contributed by atoms with van der Waals surface area (Å²) in [6.45, 7) is 0.531. The van der Waals surface area contributed by atoms with Gasteiger partial charge in [0.1, 0.15) is 23.1 Å². The highest BCUT2D eigenvalue weighted by Gasteiger charge is 2.12. The number of hydrogen-bond acceptors (Lipinski definition) is 5. The smallest absolute Gasteiger partial charge is 0.275 e. The number of pyridine rings is 1. The Hall–Kier alpha value is -3.42. The Kier molecular flexibility index (Phi) is 4.89. The molecule has 0 saturated heterocycles. The van der Waals surface area contributed by atoms with Gasteiger partial charge in [-0.25, -0.2) is 18.7 Å². The van der Waals surface area contributed by atoms with Crippen LogP contribution in [0.15, 0.2) is 55.1 Å². The van der Waals surface area contributed by atoms with Crippen molar-refractivity contribution < 1.29 is 13.6 Å². The Morgan fingerprint density at radius 3 is 2.52 bits per heavy atom. The van der Waals surface area contributed by atoms with Gasteiger partial charge in [-0.05, 0) is 29.8 Å². The number of nitrogens with zero attached hydrogens (tertiary/aromatic N) is 3. The van der Waals surface area contributed by atoms with Crippen molar-refractivity contribution in [3.8, 4) is 0 Å². The normalized spacial score (nSPS) is 10.3. The molecule has 1 amide bonds. The molecule has 0 radical (unpaired) electrons. The van der Waals surface area contributed by atoms with Crippen LogP contribution in [0.5, 0.6) is 0 Å². The molecule has 6 nitrogen and oxygen atoms in total. The van der Waals surface area contributed by atoms with E-state index in [1.165, 1.54) is 12.4 Å². The van der Waals surface area contributed by atoms with Crippen LogP contribution in [0.2, 0.25) is 0 Å². The van der Waals surface area contributed by atoms with Crippen molar-refractivity contribution in [2.75, 3.05) is 10.6 Å². The molecule has 0 aliphatic rings. The van der Waals surface area contributed by atoms with E-state index >= 15 is 0 Å². The summed E-state index contributed by atoms with van der Waals surface area (Å²) >= 11 is 0. The molecule has 2 aromatic heterocycles. The van der Waals surface area contributed by atoms with Crippen molar-refractivity contribution in [1.82, 2.24) is 15.0 Å². The van der Waals surface area contributed by atoms with Gasteiger partial charge in [0.05, 0.1) is 18.1 Å². The lowest BCUT2D eigenvalue weighted by Gasteiger charge is -2.07. The van der Waals surface area contributed by atoms with Gasteiger partial charge in [0.2, 0.25) is 0 Å². The van der Waals surface area contributed by atoms with E-state index < -0.39 is 17.5 Å². The first kappa shape index (κ1) is 16.4. The minimum atomic E-state index is -0.864. The third-order valence-electron chi connectivity index (χ3n) is 3.29. The fourth-order valence-electron chi connectivity index (χ4n) is 2.01. The second-order valence-corrected chi connectivity index (χ2v) is 5.07. The minimum absolute atomic E-state index is 0.0122. The summed E-state index contributed by atoms with van der Waals surface area (Å²) in [4.78, 5) is 24.0. The van der Waals surface area contributed by atoms with Gasteiger partial charge in [-0.1, -0.05) is 0 Å². The summed E-state index contributed by atoms with van der Waals surface area (Å²) in [5.74, 6) is -1.74. The van der Waals surface area contributed by atoms with Gasteiger partial charge in [-0.15, -0.1) is 0 Å². The quantitative estimate of drug-likeness (QED) is 0.746. The molecule has 0 unspecified atom stereocenters. The van der Waals surface area contributed by atoms with E-state index in [0.29, 0.717) is 18.4 Å². The second-order valence-electron chi connectivity index (χ2n) is 5.07. The molecule has 2 heterocycles. The average molecular weight is 341 g/mol. The number of halogens is 2. The number of hydrogen-bond donors (Lipinski definition) is 2. The molecule has 25 heavy (non-hydrogen) atoms. The van der Waals surface area contributed by atoms with Crippen molar-refractivity contribution in [2.24, 2.45) is 0 Å². The van der Waals surface area contributed by atoms with Crippen molar-refractivity contribution in [2.45, 2.75) is 6.54 Å². The number of nitrogens with one attached hydrogen (secondary N) is 2. The van der Waals surface area contributed by atoms with Crippen LogP contribution in [0.3, 0.4) is 0 Å². The first-order valence-corrected chi connectivity index (χ1v) is 7.33. The van der Waals surface area contributed by atoms with E-state index in [9.17, 15) is 13.6 Å². The zero-order valence-corrected chi connectivity index (χ0v) is 12.9. The van der Waals surface area contributed by atoms with Gasteiger partial charge >= 0.3 is 0 Å². The molecule has 0 aliphatic carbocycles. The van der Waals surface area contributed by atoms with Crippen LogP contribution in [-0.4, -0.2) is 20.9 Å². The average Bonchev–Trinajstić information content (AvgIpc) is 2.63. The second kappa shape index (κ2) is 7.43. The Balaban J connectivity index is 1.62. The predicted molar refractivity (Wildman–Crippen MR) is 87.9 cm³/mol. The number of aromatic nitrogens is 3. The Bertz CT molecular complexity index is 872. The number of carbonyl (C=O) groups excluding carboxylic acids is 1. The monoisotopic (exact) mass is 341 g/mol. The van der Waals surface area contributed by atoms with Crippen molar-refractivity contribution in [3.63, 3.8) is 0 Å². The lowest BCUT2D eigenvalue weighted by Crippen LogP contribution is -2.15. The maximum absolute atomic E-state index is 13.5. The summed E-state index contributed by atoms with van der Waals surface area (Å²) in [5, 5.41) is 5.38. The predicted octanol–water partition coefficient (Wildman–Crippen LogP) is 3.01. The Labute approximate surface area is 142 Å².